The van der Waals surface area contributed by atoms with Crippen molar-refractivity contribution < 1.29 is 88.9 Å². The molecule has 30 nitrogen and oxygen atoms in total. The predicted molar refractivity (Wildman–Crippen MR) is 270 cm³/mol. The number of rotatable bonds is 13. The van der Waals surface area contributed by atoms with Crippen LogP contribution in [0.5, 0.6) is 11.5 Å². The number of piperidine rings is 2. The average Bonchev–Trinajstić information content (AvgIpc) is 4.13. The van der Waals surface area contributed by atoms with Gasteiger partial charge in [-0.05, 0) is 110 Å². The van der Waals surface area contributed by atoms with Gasteiger partial charge in [-0.2, -0.15) is 10.2 Å². The molecule has 1 unspecified atom stereocenters. The number of benzene rings is 4. The molecule has 2 saturated heterocycles. The lowest BCUT2D eigenvalue weighted by Gasteiger charge is -2.56. The van der Waals surface area contributed by atoms with Crippen LogP contribution in [-0.2, 0) is 26.4 Å². The number of amides is 6. The van der Waals surface area contributed by atoms with Gasteiger partial charge in [-0.1, -0.05) is 0 Å². The molecule has 30 heteroatoms. The minimum absolute atomic E-state index is 0.0400. The zero-order valence-corrected chi connectivity index (χ0v) is 41.8. The first-order valence-corrected chi connectivity index (χ1v) is 24.0. The number of hydrogen-bond acceptors (Lipinski definition) is 22. The minimum Gasteiger partial charge on any atom is -0.497 e. The maximum Gasteiger partial charge on any atom is 0.316 e. The Hall–Kier alpha value is -8.76. The molecule has 17 N–H and O–H groups in total. The molecule has 6 amide bonds. The number of anilines is 4. The van der Waals surface area contributed by atoms with Crippen LogP contribution in [0.4, 0.5) is 22.7 Å². The molecule has 0 aliphatic carbocycles. The van der Waals surface area contributed by atoms with Crippen molar-refractivity contribution in [1.29, 1.82) is 0 Å². The number of fused-ring (bicyclic) bond motifs is 2. The number of carbonyl (C=O) groups is 6. The highest BCUT2D eigenvalue weighted by Crippen LogP contribution is 2.48. The predicted octanol–water partition coefficient (Wildman–Crippen LogP) is -3.56. The van der Waals surface area contributed by atoms with Crippen molar-refractivity contribution in [3.8, 4) is 22.9 Å². The summed E-state index contributed by atoms with van der Waals surface area (Å²) in [7, 11) is 1.41. The Labute approximate surface area is 449 Å². The van der Waals surface area contributed by atoms with Gasteiger partial charge in [-0.15, -0.1) is 0 Å². The highest BCUT2D eigenvalue weighted by molar-refractivity contribution is 6.12. The van der Waals surface area contributed by atoms with Gasteiger partial charge in [0.05, 0.1) is 37.0 Å². The van der Waals surface area contributed by atoms with Gasteiger partial charge in [0.25, 0.3) is 41.2 Å². The van der Waals surface area contributed by atoms with Gasteiger partial charge >= 0.3 is 17.5 Å². The van der Waals surface area contributed by atoms with Crippen molar-refractivity contribution in [2.75, 3.05) is 46.6 Å². The fraction of sp³-hybridized carbons (Fsp3) is 0.280. The van der Waals surface area contributed by atoms with E-state index in [1.165, 1.54) is 60.5 Å². The number of ether oxygens (including phenoxy) is 3. The van der Waals surface area contributed by atoms with Gasteiger partial charge in [0.15, 0.2) is 18.2 Å². The van der Waals surface area contributed by atoms with Gasteiger partial charge in [0, 0.05) is 41.3 Å². The van der Waals surface area contributed by atoms with Crippen molar-refractivity contribution in [3.63, 3.8) is 0 Å². The Morgan fingerprint density at radius 1 is 0.613 bits per heavy atom. The number of aromatic nitrogens is 4. The number of aliphatic hydroxyl groups is 9. The van der Waals surface area contributed by atoms with Crippen LogP contribution in [0.25, 0.3) is 11.4 Å². The van der Waals surface area contributed by atoms with Crippen LogP contribution in [0.15, 0.2) is 97.1 Å². The fourth-order valence-corrected chi connectivity index (χ4v) is 10.1. The zero-order valence-electron chi connectivity index (χ0n) is 41.8. The van der Waals surface area contributed by atoms with Gasteiger partial charge in [0.1, 0.15) is 28.5 Å². The lowest BCUT2D eigenvalue weighted by Crippen LogP contribution is -2.89. The number of nitrogens with two attached hydrogens (primary N) is 4. The van der Waals surface area contributed by atoms with Crippen molar-refractivity contribution in [2.24, 2.45) is 22.9 Å². The summed E-state index contributed by atoms with van der Waals surface area (Å²) in [5.41, 5.74) is 20.7. The Morgan fingerprint density at radius 3 is 1.66 bits per heavy atom. The fourth-order valence-electron chi connectivity index (χ4n) is 10.1. The topological polar surface area (TPSA) is 465 Å². The summed E-state index contributed by atoms with van der Waals surface area (Å²) < 4.78 is 17.8. The van der Waals surface area contributed by atoms with Crippen molar-refractivity contribution in [2.45, 2.75) is 60.5 Å². The summed E-state index contributed by atoms with van der Waals surface area (Å²) in [5, 5.41) is 109. The van der Waals surface area contributed by atoms with E-state index in [4.69, 9.17) is 37.1 Å². The Bertz CT molecular complexity index is 3530. The second-order valence-electron chi connectivity index (χ2n) is 19.2. The van der Waals surface area contributed by atoms with Crippen LogP contribution < -0.4 is 52.0 Å². The third-order valence-corrected chi connectivity index (χ3v) is 14.1. The van der Waals surface area contributed by atoms with Gasteiger partial charge in [-0.25, -0.2) is 9.36 Å². The number of carbonyl (C=O) groups excluding carboxylic acids is 6. The van der Waals surface area contributed by atoms with E-state index in [1.807, 2.05) is 0 Å². The largest absolute Gasteiger partial charge is 0.497 e. The van der Waals surface area contributed by atoms with Gasteiger partial charge in [-0.3, -0.25) is 38.6 Å². The van der Waals surface area contributed by atoms with E-state index < -0.39 is 94.7 Å². The lowest BCUT2D eigenvalue weighted by atomic mass is 9.85. The van der Waals surface area contributed by atoms with E-state index in [9.17, 15) is 74.7 Å². The third kappa shape index (κ3) is 8.37. The Morgan fingerprint density at radius 2 is 1.11 bits per heavy atom. The molecule has 10 rings (SSSR count). The first-order chi connectivity index (χ1) is 37.6. The maximum atomic E-state index is 14.4. The second-order valence-corrected chi connectivity index (χ2v) is 19.2. The summed E-state index contributed by atoms with van der Waals surface area (Å²) in [6, 6.07) is 20.9. The highest BCUT2D eigenvalue weighted by atomic mass is 16.8. The standard InChI is InChI=1S/C50H50N12O18/c1-78-31-17-13-29(14-18-31)61-38-33(36(55-61)40(51)64)22-46(69,70)59(43(38)67)27-9-11-28(12-10-27)60-44(68)47(71,72)48(73,74)49(75,50(60,76)77)80-24-79-32-19-15-30(16-20-32)62-39-35(37(56-62)41(52)65)45(53,54)23-58(42(39)66)26-7-5-25(6-8-26)57-21-3-2-4-34(57)63/h5-20,69-77H,2-4,21-24,53-54H2,1H3,(H2,51,64)(H2,52,65). The van der Waals surface area contributed by atoms with Crippen LogP contribution in [0.2, 0.25) is 0 Å². The normalized spacial score (nSPS) is 20.8. The second kappa shape index (κ2) is 19.0. The van der Waals surface area contributed by atoms with Crippen LogP contribution >= 0.6 is 0 Å². The SMILES string of the molecule is COc1ccc(-n2nc(C(N)=O)c3c2C(=O)N(c2ccc(N4C(=O)C(O)(O)C(O)(O)C(O)(OCOc5ccc(-n6nc(C(N)=O)c7c6C(=O)N(c6ccc(N8CCCCC8=O)cc6)CC7(N)N)cc5)C4(O)O)cc2)C(O)(O)C3)cc1. The molecule has 1 atom stereocenters. The summed E-state index contributed by atoms with van der Waals surface area (Å²) in [5.74, 6) is -27.3. The number of methoxy groups -OCH3 is 1. The summed E-state index contributed by atoms with van der Waals surface area (Å²) in [4.78, 5) is 83.0. The maximum absolute atomic E-state index is 14.4. The molecule has 0 radical (unpaired) electrons. The molecule has 0 saturated carbocycles. The molecule has 6 aromatic rings. The monoisotopic (exact) mass is 1110 g/mol. The molecular weight excluding hydrogens is 1060 g/mol. The number of hydrogen-bond donors (Lipinski definition) is 13. The number of primary amides is 2. The van der Waals surface area contributed by atoms with Crippen molar-refractivity contribution in [3.05, 3.63) is 131 Å². The molecule has 4 aliphatic rings. The van der Waals surface area contributed by atoms with E-state index in [2.05, 4.69) is 10.2 Å². The highest BCUT2D eigenvalue weighted by Gasteiger charge is 2.82. The summed E-state index contributed by atoms with van der Waals surface area (Å²) in [6.07, 6.45) is 1.16. The molecule has 4 aliphatic heterocycles. The molecule has 80 heavy (non-hydrogen) atoms. The Kier molecular flexibility index (Phi) is 12.9. The zero-order chi connectivity index (χ0) is 57.8. The molecule has 2 aromatic heterocycles. The first-order valence-electron chi connectivity index (χ1n) is 24.0. The number of nitrogens with zero attached hydrogens (tertiary/aromatic N) is 8. The quantitative estimate of drug-likeness (QED) is 0.0498. The van der Waals surface area contributed by atoms with Gasteiger partial charge < -0.3 is 92.9 Å². The van der Waals surface area contributed by atoms with Crippen LogP contribution in [-0.4, -0.2) is 157 Å². The third-order valence-electron chi connectivity index (χ3n) is 14.1. The first kappa shape index (κ1) is 54.6. The molecule has 418 valence electrons. The molecule has 0 spiro atoms. The average molecular weight is 1110 g/mol. The van der Waals surface area contributed by atoms with E-state index in [0.29, 0.717) is 35.0 Å². The van der Waals surface area contributed by atoms with E-state index in [0.717, 1.165) is 46.5 Å². The summed E-state index contributed by atoms with van der Waals surface area (Å²) >= 11 is 0. The van der Waals surface area contributed by atoms with Crippen molar-refractivity contribution in [1.82, 2.24) is 19.6 Å². The van der Waals surface area contributed by atoms with E-state index in [-0.39, 0.29) is 62.7 Å². The molecule has 2 fully saturated rings. The van der Waals surface area contributed by atoms with Crippen LogP contribution in [0.1, 0.15) is 72.3 Å². The smallest absolute Gasteiger partial charge is 0.316 e. The summed E-state index contributed by atoms with van der Waals surface area (Å²) in [6.45, 7) is -1.20. The van der Waals surface area contributed by atoms with E-state index >= 15 is 0 Å². The van der Waals surface area contributed by atoms with Crippen LogP contribution in [0.3, 0.4) is 0 Å². The van der Waals surface area contributed by atoms with Crippen LogP contribution in [0, 0.1) is 0 Å². The molecule has 6 heterocycles. The minimum atomic E-state index is -4.69. The molecule has 0 bridgehead atoms. The molecule has 4 aromatic carbocycles. The van der Waals surface area contributed by atoms with Crippen molar-refractivity contribution >= 4 is 58.2 Å². The van der Waals surface area contributed by atoms with E-state index in [1.54, 1.807) is 29.2 Å². The molecular formula is C50H50N12O18. The lowest BCUT2D eigenvalue weighted by molar-refractivity contribution is -0.517. The van der Waals surface area contributed by atoms with Gasteiger partial charge in [0.2, 0.25) is 5.91 Å². The Balaban J connectivity index is 0.893.